The number of Topliss-reactive ketones (excluding diaryl/α,β-unsaturated/α-hetero) is 1. The van der Waals surface area contributed by atoms with Crippen molar-refractivity contribution in [2.45, 2.75) is 98.1 Å². The Kier molecular flexibility index (Phi) is 5.97. The molecule has 7 atom stereocenters. The highest BCUT2D eigenvalue weighted by molar-refractivity contribution is 5.91. The fourth-order valence-corrected chi connectivity index (χ4v) is 8.20. The van der Waals surface area contributed by atoms with Crippen LogP contribution in [-0.4, -0.2) is 35.7 Å². The molecule has 3 saturated carbocycles. The van der Waals surface area contributed by atoms with Crippen LogP contribution >= 0.6 is 0 Å². The van der Waals surface area contributed by atoms with E-state index in [1.54, 1.807) is 6.92 Å². The number of carbonyl (C=O) groups excluding carboxylic acids is 3. The molecule has 0 aromatic heterocycles. The second-order valence-electron chi connectivity index (χ2n) is 12.4. The maximum atomic E-state index is 12.6. The van der Waals surface area contributed by atoms with Gasteiger partial charge in [0.05, 0.1) is 6.54 Å². The fraction of sp³-hybridized carbons (Fsp3) is 0.815. The van der Waals surface area contributed by atoms with Gasteiger partial charge in [-0.2, -0.15) is 0 Å². The first-order valence-corrected chi connectivity index (χ1v) is 12.5. The molecule has 0 saturated heterocycles. The lowest BCUT2D eigenvalue weighted by molar-refractivity contribution is -0.155. The van der Waals surface area contributed by atoms with Gasteiger partial charge in [0.2, 0.25) is 0 Å². The van der Waals surface area contributed by atoms with Gasteiger partial charge in [0.25, 0.3) is 0 Å². The van der Waals surface area contributed by atoms with Crippen LogP contribution in [0.1, 0.15) is 86.5 Å². The molecule has 0 unspecified atom stereocenters. The van der Waals surface area contributed by atoms with Gasteiger partial charge in [-0.05, 0) is 101 Å². The van der Waals surface area contributed by atoms with Crippen molar-refractivity contribution < 1.29 is 19.1 Å². The minimum absolute atomic E-state index is 0.0158. The SMILES string of the molecule is CC(=O)[C@H]1CC[C@H]2[C@@H]3CCC4=CC(=O)CC[C@]4(C)[C@H]3[C@@H](NCC(=O)OC(C)(C)C)C[C@]12C. The van der Waals surface area contributed by atoms with Gasteiger partial charge >= 0.3 is 5.97 Å². The molecule has 0 heterocycles. The second kappa shape index (κ2) is 8.07. The Balaban J connectivity index is 1.66. The van der Waals surface area contributed by atoms with E-state index in [1.807, 2.05) is 26.8 Å². The molecular formula is C27H41NO4. The Hall–Kier alpha value is -1.49. The second-order valence-corrected chi connectivity index (χ2v) is 12.4. The lowest BCUT2D eigenvalue weighted by Gasteiger charge is -2.61. The van der Waals surface area contributed by atoms with Crippen LogP contribution in [0, 0.1) is 34.5 Å². The van der Waals surface area contributed by atoms with Gasteiger partial charge in [0, 0.05) is 18.4 Å². The van der Waals surface area contributed by atoms with Crippen LogP contribution in [0.25, 0.3) is 0 Å². The predicted octanol–water partition coefficient (Wildman–Crippen LogP) is 4.63. The number of rotatable bonds is 4. The summed E-state index contributed by atoms with van der Waals surface area (Å²) in [5.74, 6) is 1.88. The third-order valence-corrected chi connectivity index (χ3v) is 9.34. The lowest BCUT2D eigenvalue weighted by Crippen LogP contribution is -2.61. The van der Waals surface area contributed by atoms with Crippen molar-refractivity contribution in [1.82, 2.24) is 5.32 Å². The quantitative estimate of drug-likeness (QED) is 0.641. The summed E-state index contributed by atoms with van der Waals surface area (Å²) in [4.78, 5) is 37.3. The van der Waals surface area contributed by atoms with E-state index in [9.17, 15) is 14.4 Å². The Morgan fingerprint density at radius 1 is 1.16 bits per heavy atom. The molecule has 3 fully saturated rings. The summed E-state index contributed by atoms with van der Waals surface area (Å²) in [6.45, 7) is 12.3. The van der Waals surface area contributed by atoms with Gasteiger partial charge < -0.3 is 10.1 Å². The van der Waals surface area contributed by atoms with Crippen molar-refractivity contribution >= 4 is 17.5 Å². The van der Waals surface area contributed by atoms with Gasteiger partial charge in [-0.1, -0.05) is 19.4 Å². The van der Waals surface area contributed by atoms with E-state index < -0.39 is 5.60 Å². The van der Waals surface area contributed by atoms with Crippen LogP contribution in [0.5, 0.6) is 0 Å². The molecule has 5 nitrogen and oxygen atoms in total. The van der Waals surface area contributed by atoms with Crippen LogP contribution in [0.4, 0.5) is 0 Å². The molecule has 0 spiro atoms. The first-order chi connectivity index (χ1) is 14.8. The van der Waals surface area contributed by atoms with Crippen molar-refractivity contribution in [2.75, 3.05) is 6.54 Å². The van der Waals surface area contributed by atoms with E-state index in [2.05, 4.69) is 19.2 Å². The minimum atomic E-state index is -0.507. The van der Waals surface area contributed by atoms with E-state index in [0.29, 0.717) is 30.0 Å². The average Bonchev–Trinajstić information content (AvgIpc) is 3.02. The molecule has 32 heavy (non-hydrogen) atoms. The van der Waals surface area contributed by atoms with E-state index in [4.69, 9.17) is 4.74 Å². The number of hydrogen-bond acceptors (Lipinski definition) is 5. The number of carbonyl (C=O) groups is 3. The molecular weight excluding hydrogens is 402 g/mol. The number of nitrogens with one attached hydrogen (secondary N) is 1. The van der Waals surface area contributed by atoms with Gasteiger partial charge in [0.1, 0.15) is 11.4 Å². The summed E-state index contributed by atoms with van der Waals surface area (Å²) < 4.78 is 5.57. The zero-order valence-corrected chi connectivity index (χ0v) is 20.8. The fourth-order valence-electron chi connectivity index (χ4n) is 8.20. The van der Waals surface area contributed by atoms with Crippen molar-refractivity contribution in [1.29, 1.82) is 0 Å². The molecule has 0 aromatic carbocycles. The number of ketones is 2. The molecule has 0 aromatic rings. The third-order valence-electron chi connectivity index (χ3n) is 9.34. The highest BCUT2D eigenvalue weighted by Gasteiger charge is 2.62. The number of ether oxygens (including phenoxy) is 1. The van der Waals surface area contributed by atoms with Crippen molar-refractivity contribution in [3.05, 3.63) is 11.6 Å². The largest absolute Gasteiger partial charge is 0.459 e. The summed E-state index contributed by atoms with van der Waals surface area (Å²) in [5, 5.41) is 3.61. The number of allylic oxidation sites excluding steroid dienone is 1. The first-order valence-electron chi connectivity index (χ1n) is 12.5. The maximum Gasteiger partial charge on any atom is 0.320 e. The standard InChI is InChI=1S/C27H41NO4/c1-16(29)20-9-10-21-19-8-7-17-13-18(30)11-12-26(17,5)24(19)22(14-27(20,21)6)28-15-23(31)32-25(2,3)4/h13,19-22,24,28H,7-12,14-15H2,1-6H3/t19-,20+,21-,22-,24+,26-,27+/m0/s1. The highest BCUT2D eigenvalue weighted by Crippen LogP contribution is 2.66. The summed E-state index contributed by atoms with van der Waals surface area (Å²) >= 11 is 0. The van der Waals surface area contributed by atoms with E-state index in [-0.39, 0.29) is 41.1 Å². The monoisotopic (exact) mass is 443 g/mol. The Morgan fingerprint density at radius 3 is 2.53 bits per heavy atom. The normalized spacial score (nSPS) is 41.2. The van der Waals surface area contributed by atoms with Gasteiger partial charge in [0.15, 0.2) is 5.78 Å². The minimum Gasteiger partial charge on any atom is -0.459 e. The van der Waals surface area contributed by atoms with Crippen LogP contribution in [0.3, 0.4) is 0 Å². The Bertz CT molecular complexity index is 839. The summed E-state index contributed by atoms with van der Waals surface area (Å²) in [5.41, 5.74) is 0.759. The Morgan fingerprint density at radius 2 is 1.88 bits per heavy atom. The summed E-state index contributed by atoms with van der Waals surface area (Å²) in [6, 6.07) is 0.135. The van der Waals surface area contributed by atoms with E-state index >= 15 is 0 Å². The van der Waals surface area contributed by atoms with Crippen LogP contribution in [0.2, 0.25) is 0 Å². The number of hydrogen-bond donors (Lipinski definition) is 1. The summed E-state index contributed by atoms with van der Waals surface area (Å²) in [7, 11) is 0. The summed E-state index contributed by atoms with van der Waals surface area (Å²) in [6.07, 6.45) is 8.50. The van der Waals surface area contributed by atoms with Crippen LogP contribution in [0.15, 0.2) is 11.6 Å². The van der Waals surface area contributed by atoms with Crippen molar-refractivity contribution in [3.8, 4) is 0 Å². The molecule has 0 amide bonds. The lowest BCUT2D eigenvalue weighted by atomic mass is 9.45. The highest BCUT2D eigenvalue weighted by atomic mass is 16.6. The van der Waals surface area contributed by atoms with Crippen LogP contribution in [-0.2, 0) is 19.1 Å². The smallest absolute Gasteiger partial charge is 0.320 e. The molecule has 1 N–H and O–H groups in total. The molecule has 178 valence electrons. The molecule has 0 bridgehead atoms. The number of esters is 1. The first kappa shape index (κ1) is 23.7. The van der Waals surface area contributed by atoms with Gasteiger partial charge in [-0.25, -0.2) is 0 Å². The van der Waals surface area contributed by atoms with E-state index in [0.717, 1.165) is 38.5 Å². The molecule has 4 rings (SSSR count). The number of fused-ring (bicyclic) bond motifs is 5. The molecule has 5 heteroatoms. The molecule has 4 aliphatic rings. The average molecular weight is 444 g/mol. The van der Waals surface area contributed by atoms with Gasteiger partial charge in [-0.3, -0.25) is 14.4 Å². The van der Waals surface area contributed by atoms with E-state index in [1.165, 1.54) is 5.57 Å². The third kappa shape index (κ3) is 3.99. The predicted molar refractivity (Wildman–Crippen MR) is 124 cm³/mol. The molecule has 4 aliphatic carbocycles. The van der Waals surface area contributed by atoms with Crippen LogP contribution < -0.4 is 5.32 Å². The Labute approximate surface area is 193 Å². The van der Waals surface area contributed by atoms with Crippen molar-refractivity contribution in [2.24, 2.45) is 34.5 Å². The molecule has 0 radical (unpaired) electrons. The van der Waals surface area contributed by atoms with Crippen molar-refractivity contribution in [3.63, 3.8) is 0 Å². The molecule has 0 aliphatic heterocycles. The topological polar surface area (TPSA) is 72.5 Å². The zero-order valence-electron chi connectivity index (χ0n) is 20.8. The zero-order chi connectivity index (χ0) is 23.5. The van der Waals surface area contributed by atoms with Gasteiger partial charge in [-0.15, -0.1) is 0 Å². The maximum absolute atomic E-state index is 12.6.